The highest BCUT2D eigenvalue weighted by molar-refractivity contribution is 7.80. The molecule has 1 fully saturated rings. The van der Waals surface area contributed by atoms with Crippen molar-refractivity contribution in [3.63, 3.8) is 0 Å². The smallest absolute Gasteiger partial charge is 0.394 e. The van der Waals surface area contributed by atoms with E-state index in [1.807, 2.05) is 0 Å². The highest BCUT2D eigenvalue weighted by Gasteiger charge is 2.48. The summed E-state index contributed by atoms with van der Waals surface area (Å²) in [5.74, 6) is -0.679. The van der Waals surface area contributed by atoms with E-state index in [2.05, 4.69) is 35.5 Å². The first-order chi connectivity index (χ1) is 28.9. The topological polar surface area (TPSA) is 212 Å². The zero-order valence-electron chi connectivity index (χ0n) is 37.6. The molecule has 0 aromatic heterocycles. The van der Waals surface area contributed by atoms with Gasteiger partial charge in [0, 0.05) is 0 Å². The number of hydrogen-bond acceptors (Lipinski definition) is 11. The van der Waals surface area contributed by atoms with Gasteiger partial charge in [-0.3, -0.25) is 9.35 Å². The number of nitrogens with one attached hydrogen (secondary N) is 1. The number of hydrogen-bond donors (Lipinski definition) is 7. The number of amides is 1. The molecule has 14 heteroatoms. The molecular weight excluding hydrogens is 791 g/mol. The van der Waals surface area contributed by atoms with Gasteiger partial charge in [0.1, 0.15) is 30.5 Å². The van der Waals surface area contributed by atoms with Gasteiger partial charge >= 0.3 is 10.4 Å². The standard InChI is InChI=1S/C46H89NO12S/c1-3-5-7-9-11-13-15-16-17-18-19-20-21-22-23-24-25-27-28-30-32-34-39(49)38(47-45(53)40(50)35-33-31-29-26-14-12-10-8-6-4-2)37-57-46-43(52)44(59-60(54,55)56)42(51)41(36-48)58-46/h10,12,38-44,46,48-52H,3-9,11,13-37H2,1-2H3,(H,47,53)(H,54,55,56)/b12-10-. The van der Waals surface area contributed by atoms with E-state index in [1.54, 1.807) is 0 Å². The summed E-state index contributed by atoms with van der Waals surface area (Å²) in [7, 11) is -5.11. The molecule has 1 rings (SSSR count). The second kappa shape index (κ2) is 37.2. The molecule has 1 aliphatic rings. The summed E-state index contributed by atoms with van der Waals surface area (Å²) in [4.78, 5) is 13.1. The van der Waals surface area contributed by atoms with Crippen LogP contribution in [0.2, 0.25) is 0 Å². The molecule has 1 heterocycles. The van der Waals surface area contributed by atoms with E-state index in [4.69, 9.17) is 9.47 Å². The van der Waals surface area contributed by atoms with Gasteiger partial charge in [-0.1, -0.05) is 193 Å². The molecule has 0 aromatic rings. The van der Waals surface area contributed by atoms with Crippen LogP contribution in [-0.4, -0.2) is 107 Å². The quantitative estimate of drug-likeness (QED) is 0.0175. The lowest BCUT2D eigenvalue weighted by Crippen LogP contribution is -2.61. The average Bonchev–Trinajstić information content (AvgIpc) is 3.22. The third-order valence-corrected chi connectivity index (χ3v) is 12.1. The fraction of sp³-hybridized carbons (Fsp3) is 0.935. The lowest BCUT2D eigenvalue weighted by Gasteiger charge is -2.41. The summed E-state index contributed by atoms with van der Waals surface area (Å²) >= 11 is 0. The van der Waals surface area contributed by atoms with Gasteiger partial charge in [-0.05, 0) is 32.1 Å². The molecule has 8 unspecified atom stereocenters. The van der Waals surface area contributed by atoms with E-state index in [0.717, 1.165) is 51.4 Å². The monoisotopic (exact) mass is 880 g/mol. The summed E-state index contributed by atoms with van der Waals surface area (Å²) < 4.78 is 47.6. The molecule has 356 valence electrons. The summed E-state index contributed by atoms with van der Waals surface area (Å²) in [6.45, 7) is 3.23. The summed E-state index contributed by atoms with van der Waals surface area (Å²) in [6.07, 6.45) is 28.4. The van der Waals surface area contributed by atoms with Crippen LogP contribution in [0.5, 0.6) is 0 Å². The van der Waals surface area contributed by atoms with Crippen LogP contribution >= 0.6 is 0 Å². The first-order valence-corrected chi connectivity index (χ1v) is 25.5. The molecule has 0 radical (unpaired) electrons. The van der Waals surface area contributed by atoms with Crippen LogP contribution in [-0.2, 0) is 28.9 Å². The van der Waals surface area contributed by atoms with Crippen molar-refractivity contribution in [2.24, 2.45) is 0 Å². The lowest BCUT2D eigenvalue weighted by molar-refractivity contribution is -0.298. The Hall–Kier alpha value is -1.20. The van der Waals surface area contributed by atoms with Crippen molar-refractivity contribution in [1.82, 2.24) is 5.32 Å². The van der Waals surface area contributed by atoms with Crippen molar-refractivity contribution in [3.8, 4) is 0 Å². The normalized spacial score (nSPS) is 21.4. The third-order valence-electron chi connectivity index (χ3n) is 11.7. The zero-order chi connectivity index (χ0) is 44.3. The largest absolute Gasteiger partial charge is 0.397 e. The van der Waals surface area contributed by atoms with Gasteiger partial charge in [-0.15, -0.1) is 0 Å². The number of ether oxygens (including phenoxy) is 2. The Kier molecular flexibility index (Phi) is 35.2. The van der Waals surface area contributed by atoms with Gasteiger partial charge < -0.3 is 40.3 Å². The van der Waals surface area contributed by atoms with E-state index >= 15 is 0 Å². The molecule has 7 N–H and O–H groups in total. The Morgan fingerprint density at radius 1 is 0.650 bits per heavy atom. The van der Waals surface area contributed by atoms with Gasteiger partial charge in [0.25, 0.3) is 0 Å². The van der Waals surface area contributed by atoms with Crippen molar-refractivity contribution in [2.45, 2.75) is 262 Å². The first-order valence-electron chi connectivity index (χ1n) is 24.2. The van der Waals surface area contributed by atoms with E-state index in [-0.39, 0.29) is 6.42 Å². The van der Waals surface area contributed by atoms with Crippen molar-refractivity contribution in [3.05, 3.63) is 12.2 Å². The molecule has 60 heavy (non-hydrogen) atoms. The number of allylic oxidation sites excluding steroid dienone is 2. The molecule has 0 spiro atoms. The number of unbranched alkanes of at least 4 members (excludes halogenated alkanes) is 26. The Morgan fingerprint density at radius 2 is 1.08 bits per heavy atom. The third kappa shape index (κ3) is 29.2. The molecule has 1 saturated heterocycles. The molecule has 0 saturated carbocycles. The van der Waals surface area contributed by atoms with E-state index in [9.17, 15) is 43.3 Å². The number of aliphatic hydroxyl groups is 5. The van der Waals surface area contributed by atoms with Crippen LogP contribution in [0.3, 0.4) is 0 Å². The van der Waals surface area contributed by atoms with Gasteiger partial charge in [-0.2, -0.15) is 8.42 Å². The van der Waals surface area contributed by atoms with Crippen LogP contribution in [0.15, 0.2) is 12.2 Å². The van der Waals surface area contributed by atoms with E-state index in [1.165, 1.54) is 122 Å². The molecule has 1 amide bonds. The Bertz CT molecular complexity index is 1140. The van der Waals surface area contributed by atoms with Crippen molar-refractivity contribution >= 4 is 16.3 Å². The maximum absolute atomic E-state index is 13.1. The molecule has 1 aliphatic heterocycles. The summed E-state index contributed by atoms with van der Waals surface area (Å²) in [6, 6.07) is -1.03. The van der Waals surface area contributed by atoms with Crippen LogP contribution in [0.4, 0.5) is 0 Å². The average molecular weight is 880 g/mol. The Morgan fingerprint density at radius 3 is 1.55 bits per heavy atom. The van der Waals surface area contributed by atoms with Crippen molar-refractivity contribution < 1.29 is 57.0 Å². The van der Waals surface area contributed by atoms with Gasteiger partial charge in [-0.25, -0.2) is 4.18 Å². The number of carbonyl (C=O) groups excluding carboxylic acids is 1. The van der Waals surface area contributed by atoms with E-state index < -0.39 is 78.5 Å². The second-order valence-corrected chi connectivity index (χ2v) is 18.2. The van der Waals surface area contributed by atoms with Crippen LogP contribution in [0, 0.1) is 0 Å². The molecule has 0 bridgehead atoms. The van der Waals surface area contributed by atoms with Crippen LogP contribution in [0.25, 0.3) is 0 Å². The van der Waals surface area contributed by atoms with Gasteiger partial charge in [0.2, 0.25) is 5.91 Å². The lowest BCUT2D eigenvalue weighted by atomic mass is 9.99. The zero-order valence-corrected chi connectivity index (χ0v) is 38.5. The second-order valence-electron chi connectivity index (χ2n) is 17.2. The fourth-order valence-corrected chi connectivity index (χ4v) is 8.31. The highest BCUT2D eigenvalue weighted by Crippen LogP contribution is 2.26. The van der Waals surface area contributed by atoms with Gasteiger partial charge in [0.15, 0.2) is 6.29 Å². The predicted octanol–water partition coefficient (Wildman–Crippen LogP) is 8.53. The minimum Gasteiger partial charge on any atom is -0.394 e. The Labute approximate surface area is 364 Å². The van der Waals surface area contributed by atoms with Crippen molar-refractivity contribution in [2.75, 3.05) is 13.2 Å². The van der Waals surface area contributed by atoms with E-state index in [0.29, 0.717) is 19.3 Å². The minimum absolute atomic E-state index is 0.246. The molecule has 13 nitrogen and oxygen atoms in total. The molecule has 0 aromatic carbocycles. The van der Waals surface area contributed by atoms with Gasteiger partial charge in [0.05, 0.1) is 25.4 Å². The maximum atomic E-state index is 13.1. The van der Waals surface area contributed by atoms with Crippen LogP contribution in [0.1, 0.15) is 213 Å². The minimum atomic E-state index is -5.11. The summed E-state index contributed by atoms with van der Waals surface area (Å²) in [5, 5.41) is 55.3. The maximum Gasteiger partial charge on any atom is 0.397 e. The first kappa shape index (κ1) is 56.8. The number of rotatable bonds is 41. The number of aliphatic hydroxyl groups excluding tert-OH is 5. The van der Waals surface area contributed by atoms with Crippen molar-refractivity contribution in [1.29, 1.82) is 0 Å². The Balaban J connectivity index is 2.48. The number of carbonyl (C=O) groups is 1. The predicted molar refractivity (Wildman–Crippen MR) is 238 cm³/mol. The molecule has 0 aliphatic carbocycles. The van der Waals surface area contributed by atoms with Crippen LogP contribution < -0.4 is 5.32 Å². The fourth-order valence-electron chi connectivity index (χ4n) is 7.80. The highest BCUT2D eigenvalue weighted by atomic mass is 32.3. The SMILES string of the molecule is CCCC/C=C\CCCCCCC(O)C(=O)NC(COC1OC(CO)C(O)C(OS(=O)(=O)O)C1O)C(O)CCCCCCCCCCCCCCCCCCCCCCC. The molecular formula is C46H89NO12S. The summed E-state index contributed by atoms with van der Waals surface area (Å²) in [5.41, 5.74) is 0. The molecule has 8 atom stereocenters.